The average Bonchev–Trinajstić information content (AvgIpc) is 3.50. The molecule has 2 N–H and O–H groups in total. The van der Waals surface area contributed by atoms with Crippen molar-refractivity contribution in [1.82, 2.24) is 29.7 Å². The van der Waals surface area contributed by atoms with E-state index in [4.69, 9.17) is 21.3 Å². The van der Waals surface area contributed by atoms with Gasteiger partial charge >= 0.3 is 6.09 Å². The Morgan fingerprint density at radius 1 is 1.14 bits per heavy atom. The van der Waals surface area contributed by atoms with Gasteiger partial charge in [-0.05, 0) is 33.3 Å². The summed E-state index contributed by atoms with van der Waals surface area (Å²) in [6.45, 7) is 12.9. The number of carbonyl (C=O) groups is 1. The molecule has 0 saturated carbocycles. The highest BCUT2D eigenvalue weighted by atomic mass is 35.5. The van der Waals surface area contributed by atoms with Gasteiger partial charge in [0.2, 0.25) is 5.95 Å². The highest BCUT2D eigenvalue weighted by Crippen LogP contribution is 2.32. The highest BCUT2D eigenvalue weighted by Gasteiger charge is 2.27. The molecule has 2 aliphatic rings. The van der Waals surface area contributed by atoms with Gasteiger partial charge in [0.05, 0.1) is 16.9 Å². The minimum Gasteiger partial charge on any atom is -0.444 e. The summed E-state index contributed by atoms with van der Waals surface area (Å²) in [6.07, 6.45) is 4.46. The quantitative estimate of drug-likeness (QED) is 0.495. The fraction of sp³-hybridized carbons (Fsp3) is 0.519. The number of piperazine rings is 1. The van der Waals surface area contributed by atoms with Crippen LogP contribution in [0.2, 0.25) is 5.02 Å². The molecule has 1 amide bonds. The number of ether oxygens (including phenoxy) is 1. The van der Waals surface area contributed by atoms with Crippen LogP contribution in [0.4, 0.5) is 10.7 Å². The van der Waals surface area contributed by atoms with E-state index in [2.05, 4.69) is 31.2 Å². The number of rotatable bonds is 6. The first-order valence-electron chi connectivity index (χ1n) is 13.0. The molecule has 0 radical (unpaired) electrons. The van der Waals surface area contributed by atoms with E-state index >= 15 is 0 Å². The smallest absolute Gasteiger partial charge is 0.410 e. The van der Waals surface area contributed by atoms with Crippen molar-refractivity contribution in [2.45, 2.75) is 38.8 Å². The van der Waals surface area contributed by atoms with Crippen LogP contribution < -0.4 is 5.32 Å². The fourth-order valence-electron chi connectivity index (χ4n) is 4.99. The number of benzene rings is 1. The van der Waals surface area contributed by atoms with Gasteiger partial charge in [0, 0.05) is 81.1 Å². The number of likely N-dealkylation sites (tertiary alicyclic amines) is 1. The second-order valence-electron chi connectivity index (χ2n) is 10.9. The van der Waals surface area contributed by atoms with E-state index in [0.29, 0.717) is 30.1 Å². The van der Waals surface area contributed by atoms with Crippen molar-refractivity contribution in [1.29, 1.82) is 0 Å². The van der Waals surface area contributed by atoms with Crippen molar-refractivity contribution in [3.63, 3.8) is 0 Å². The summed E-state index contributed by atoms with van der Waals surface area (Å²) in [7, 11) is 0. The van der Waals surface area contributed by atoms with Gasteiger partial charge in [-0.3, -0.25) is 9.80 Å². The summed E-state index contributed by atoms with van der Waals surface area (Å²) >= 11 is 6.49. The second-order valence-corrected chi connectivity index (χ2v) is 11.3. The summed E-state index contributed by atoms with van der Waals surface area (Å²) < 4.78 is 5.50. The Hall–Kier alpha value is -2.88. The molecule has 4 heterocycles. The number of halogens is 1. The maximum atomic E-state index is 12.3. The summed E-state index contributed by atoms with van der Waals surface area (Å²) in [5, 5.41) is 5.15. The molecule has 9 nitrogen and oxygen atoms in total. The van der Waals surface area contributed by atoms with Crippen LogP contribution in [0.5, 0.6) is 0 Å². The summed E-state index contributed by atoms with van der Waals surface area (Å²) in [5.41, 5.74) is 2.31. The zero-order valence-corrected chi connectivity index (χ0v) is 22.6. The largest absolute Gasteiger partial charge is 0.444 e. The van der Waals surface area contributed by atoms with E-state index in [-0.39, 0.29) is 6.09 Å². The first-order chi connectivity index (χ1) is 17.7. The van der Waals surface area contributed by atoms with E-state index in [1.54, 1.807) is 6.20 Å². The molecule has 37 heavy (non-hydrogen) atoms. The number of hydrogen-bond donors (Lipinski definition) is 2. The molecule has 0 spiro atoms. The van der Waals surface area contributed by atoms with E-state index < -0.39 is 5.60 Å². The Morgan fingerprint density at radius 2 is 1.89 bits per heavy atom. The number of amides is 1. The van der Waals surface area contributed by atoms with Crippen LogP contribution >= 0.6 is 11.6 Å². The first-order valence-corrected chi connectivity index (χ1v) is 13.4. The van der Waals surface area contributed by atoms with Gasteiger partial charge in [-0.2, -0.15) is 0 Å². The molecule has 5 rings (SSSR count). The van der Waals surface area contributed by atoms with Crippen molar-refractivity contribution in [3.05, 3.63) is 41.7 Å². The summed E-state index contributed by atoms with van der Waals surface area (Å²) in [5.74, 6) is 0.606. The van der Waals surface area contributed by atoms with E-state index in [9.17, 15) is 4.79 Å². The van der Waals surface area contributed by atoms with Crippen LogP contribution in [0, 0.1) is 0 Å². The number of hydrogen-bond acceptors (Lipinski definition) is 7. The van der Waals surface area contributed by atoms with Gasteiger partial charge in [0.15, 0.2) is 0 Å². The lowest BCUT2D eigenvalue weighted by Gasteiger charge is -2.36. The maximum Gasteiger partial charge on any atom is 0.410 e. The molecular weight excluding hydrogens is 490 g/mol. The van der Waals surface area contributed by atoms with Gasteiger partial charge in [-0.25, -0.2) is 14.8 Å². The molecule has 1 aromatic carbocycles. The predicted octanol–water partition coefficient (Wildman–Crippen LogP) is 4.32. The molecule has 2 saturated heterocycles. The third kappa shape index (κ3) is 6.34. The number of fused-ring (bicyclic) bond motifs is 1. The van der Waals surface area contributed by atoms with Crippen LogP contribution in [0.1, 0.15) is 27.2 Å². The van der Waals surface area contributed by atoms with Crippen molar-refractivity contribution in [3.8, 4) is 11.3 Å². The zero-order valence-electron chi connectivity index (χ0n) is 21.8. The predicted molar refractivity (Wildman–Crippen MR) is 147 cm³/mol. The minimum absolute atomic E-state index is 0.210. The molecule has 10 heteroatoms. The molecule has 0 bridgehead atoms. The van der Waals surface area contributed by atoms with Gasteiger partial charge in [0.25, 0.3) is 0 Å². The molecule has 0 aliphatic carbocycles. The number of anilines is 1. The fourth-order valence-corrected chi connectivity index (χ4v) is 5.19. The molecule has 2 fully saturated rings. The Labute approximate surface area is 223 Å². The standard InChI is InChI=1S/C27H36ClN7O2/c1-27(2,3)37-26(36)35-14-12-33(13-15-35)10-11-34-9-8-19(18-34)31-25-30-17-22(28)24(32-25)21-16-29-23-7-5-4-6-20(21)23/h4-7,16-17,19,29H,8-15,18H2,1-3H3,(H,30,31,32). The number of nitrogens with zero attached hydrogens (tertiary/aromatic N) is 5. The number of para-hydroxylation sites is 1. The molecule has 2 aliphatic heterocycles. The normalized spacial score (nSPS) is 19.5. The molecule has 3 aromatic rings. The zero-order chi connectivity index (χ0) is 26.0. The number of H-pyrrole nitrogens is 1. The van der Waals surface area contributed by atoms with Gasteiger partial charge in [-0.1, -0.05) is 29.8 Å². The lowest BCUT2D eigenvalue weighted by Crippen LogP contribution is -2.51. The van der Waals surface area contributed by atoms with Crippen LogP contribution in [0.25, 0.3) is 22.2 Å². The van der Waals surface area contributed by atoms with E-state index in [1.807, 2.05) is 50.1 Å². The topological polar surface area (TPSA) is 89.6 Å². The molecule has 1 unspecified atom stereocenters. The number of aromatic nitrogens is 3. The first kappa shape index (κ1) is 25.8. The summed E-state index contributed by atoms with van der Waals surface area (Å²) in [6, 6.07) is 8.43. The van der Waals surface area contributed by atoms with Gasteiger partial charge in [0.1, 0.15) is 5.60 Å². The number of aromatic amines is 1. The highest BCUT2D eigenvalue weighted by molar-refractivity contribution is 6.33. The monoisotopic (exact) mass is 525 g/mol. The molecule has 198 valence electrons. The number of carbonyl (C=O) groups excluding carboxylic acids is 1. The SMILES string of the molecule is CC(C)(C)OC(=O)N1CCN(CCN2CCC(Nc3ncc(Cl)c(-c4c[nH]c5ccccc45)n3)C2)CC1. The Bertz CT molecular complexity index is 1230. The maximum absolute atomic E-state index is 12.3. The van der Waals surface area contributed by atoms with Crippen molar-refractivity contribution in [2.24, 2.45) is 0 Å². The molecule has 1 atom stereocenters. The van der Waals surface area contributed by atoms with Crippen LogP contribution in [-0.4, -0.2) is 99.7 Å². The van der Waals surface area contributed by atoms with E-state index in [0.717, 1.165) is 67.8 Å². The summed E-state index contributed by atoms with van der Waals surface area (Å²) in [4.78, 5) is 31.5. The lowest BCUT2D eigenvalue weighted by molar-refractivity contribution is 0.0140. The Balaban J connectivity index is 1.10. The third-order valence-electron chi connectivity index (χ3n) is 6.95. The Morgan fingerprint density at radius 3 is 2.68 bits per heavy atom. The third-order valence-corrected chi connectivity index (χ3v) is 7.23. The van der Waals surface area contributed by atoms with Gasteiger partial charge < -0.3 is 19.9 Å². The molecular formula is C27H36ClN7O2. The van der Waals surface area contributed by atoms with Crippen molar-refractivity contribution in [2.75, 3.05) is 57.7 Å². The van der Waals surface area contributed by atoms with E-state index in [1.165, 1.54) is 0 Å². The van der Waals surface area contributed by atoms with Crippen LogP contribution in [0.3, 0.4) is 0 Å². The van der Waals surface area contributed by atoms with Crippen LogP contribution in [-0.2, 0) is 4.74 Å². The minimum atomic E-state index is -0.455. The van der Waals surface area contributed by atoms with Crippen molar-refractivity contribution >= 4 is 34.5 Å². The number of nitrogens with one attached hydrogen (secondary N) is 2. The van der Waals surface area contributed by atoms with Gasteiger partial charge in [-0.15, -0.1) is 0 Å². The van der Waals surface area contributed by atoms with Crippen LogP contribution in [0.15, 0.2) is 36.7 Å². The lowest BCUT2D eigenvalue weighted by atomic mass is 10.1. The second kappa shape index (κ2) is 10.8. The molecule has 2 aromatic heterocycles. The van der Waals surface area contributed by atoms with Crippen molar-refractivity contribution < 1.29 is 9.53 Å². The Kier molecular flexibility index (Phi) is 7.55. The average molecular weight is 526 g/mol.